The normalized spacial score (nSPS) is 14.3. The molecule has 0 radical (unpaired) electrons. The van der Waals surface area contributed by atoms with Crippen molar-refractivity contribution < 1.29 is 9.53 Å². The van der Waals surface area contributed by atoms with E-state index in [0.717, 1.165) is 51.4 Å². The van der Waals surface area contributed by atoms with Crippen molar-refractivity contribution in [2.24, 2.45) is 4.99 Å². The Morgan fingerprint density at radius 2 is 2.09 bits per heavy atom. The SMILES string of the molecule is CCNC(=NCCCCC(=O)OC)N1CCc2ccccc2C1. The zero-order valence-electron chi connectivity index (χ0n) is 14.2. The number of fused-ring (bicyclic) bond motifs is 1. The van der Waals surface area contributed by atoms with Crippen molar-refractivity contribution in [2.75, 3.05) is 26.7 Å². The smallest absolute Gasteiger partial charge is 0.305 e. The van der Waals surface area contributed by atoms with Crippen LogP contribution < -0.4 is 5.32 Å². The number of carbonyl (C=O) groups is 1. The molecule has 0 fully saturated rings. The molecular formula is C18H27N3O2. The fourth-order valence-corrected chi connectivity index (χ4v) is 2.77. The van der Waals surface area contributed by atoms with Crippen LogP contribution >= 0.6 is 0 Å². The minimum Gasteiger partial charge on any atom is -0.469 e. The number of methoxy groups -OCH3 is 1. The number of aliphatic imine (C=N–C) groups is 1. The topological polar surface area (TPSA) is 53.9 Å². The van der Waals surface area contributed by atoms with Gasteiger partial charge < -0.3 is 15.0 Å². The molecule has 2 rings (SSSR count). The largest absolute Gasteiger partial charge is 0.469 e. The van der Waals surface area contributed by atoms with E-state index in [0.29, 0.717) is 6.42 Å². The first kappa shape index (κ1) is 17.3. The van der Waals surface area contributed by atoms with E-state index in [1.54, 1.807) is 0 Å². The second-order valence-electron chi connectivity index (χ2n) is 5.71. The lowest BCUT2D eigenvalue weighted by atomic mass is 10.0. The van der Waals surface area contributed by atoms with E-state index in [4.69, 9.17) is 4.99 Å². The van der Waals surface area contributed by atoms with Crippen LogP contribution in [0, 0.1) is 0 Å². The van der Waals surface area contributed by atoms with Crippen LogP contribution in [0.5, 0.6) is 0 Å². The average Bonchev–Trinajstić information content (AvgIpc) is 2.59. The first-order valence-electron chi connectivity index (χ1n) is 8.41. The van der Waals surface area contributed by atoms with Gasteiger partial charge in [0.1, 0.15) is 0 Å². The summed E-state index contributed by atoms with van der Waals surface area (Å²) >= 11 is 0. The van der Waals surface area contributed by atoms with E-state index in [1.165, 1.54) is 18.2 Å². The van der Waals surface area contributed by atoms with Gasteiger partial charge in [-0.2, -0.15) is 0 Å². The van der Waals surface area contributed by atoms with Gasteiger partial charge in [0, 0.05) is 32.6 Å². The van der Waals surface area contributed by atoms with E-state index < -0.39 is 0 Å². The summed E-state index contributed by atoms with van der Waals surface area (Å²) in [6.45, 7) is 5.58. The van der Waals surface area contributed by atoms with Crippen LogP contribution in [-0.4, -0.2) is 43.6 Å². The highest BCUT2D eigenvalue weighted by Gasteiger charge is 2.18. The van der Waals surface area contributed by atoms with Crippen LogP contribution in [0.1, 0.15) is 37.3 Å². The van der Waals surface area contributed by atoms with Crippen molar-refractivity contribution in [1.82, 2.24) is 10.2 Å². The minimum absolute atomic E-state index is 0.145. The Balaban J connectivity index is 1.88. The lowest BCUT2D eigenvalue weighted by Crippen LogP contribution is -2.44. The van der Waals surface area contributed by atoms with Gasteiger partial charge in [-0.3, -0.25) is 9.79 Å². The first-order valence-corrected chi connectivity index (χ1v) is 8.41. The Morgan fingerprint density at radius 3 is 2.83 bits per heavy atom. The zero-order chi connectivity index (χ0) is 16.5. The predicted octanol–water partition coefficient (Wildman–Crippen LogP) is 2.35. The van der Waals surface area contributed by atoms with Crippen molar-refractivity contribution in [2.45, 2.75) is 39.2 Å². The number of carbonyl (C=O) groups excluding carboxylic acids is 1. The number of rotatable bonds is 6. The molecular weight excluding hydrogens is 290 g/mol. The monoisotopic (exact) mass is 317 g/mol. The summed E-state index contributed by atoms with van der Waals surface area (Å²) in [7, 11) is 1.43. The van der Waals surface area contributed by atoms with E-state index in [1.807, 2.05) is 0 Å². The maximum absolute atomic E-state index is 11.1. The molecule has 0 unspecified atom stereocenters. The van der Waals surface area contributed by atoms with E-state index in [-0.39, 0.29) is 5.97 Å². The van der Waals surface area contributed by atoms with Crippen LogP contribution in [0.2, 0.25) is 0 Å². The van der Waals surface area contributed by atoms with Crippen molar-refractivity contribution in [3.8, 4) is 0 Å². The summed E-state index contributed by atoms with van der Waals surface area (Å²) in [5, 5.41) is 3.38. The van der Waals surface area contributed by atoms with Crippen LogP contribution in [0.4, 0.5) is 0 Å². The molecule has 1 aliphatic rings. The summed E-state index contributed by atoms with van der Waals surface area (Å²) in [5.74, 6) is 0.827. The summed E-state index contributed by atoms with van der Waals surface area (Å²) in [5.41, 5.74) is 2.83. The fourth-order valence-electron chi connectivity index (χ4n) is 2.77. The summed E-state index contributed by atoms with van der Waals surface area (Å²) in [6.07, 6.45) is 3.25. The average molecular weight is 317 g/mol. The second kappa shape index (κ2) is 9.18. The van der Waals surface area contributed by atoms with Crippen LogP contribution in [-0.2, 0) is 22.5 Å². The van der Waals surface area contributed by atoms with Crippen LogP contribution in [0.3, 0.4) is 0 Å². The molecule has 0 saturated heterocycles. The molecule has 23 heavy (non-hydrogen) atoms. The summed E-state index contributed by atoms with van der Waals surface area (Å²) in [6, 6.07) is 8.61. The van der Waals surface area contributed by atoms with Gasteiger partial charge in [0.05, 0.1) is 7.11 Å². The Kier molecular flexibility index (Phi) is 6.91. The van der Waals surface area contributed by atoms with E-state index in [2.05, 4.69) is 46.1 Å². The van der Waals surface area contributed by atoms with E-state index in [9.17, 15) is 4.79 Å². The van der Waals surface area contributed by atoms with Crippen LogP contribution in [0.15, 0.2) is 29.3 Å². The Hall–Kier alpha value is -2.04. The third kappa shape index (κ3) is 5.27. The Labute approximate surface area is 138 Å². The number of benzene rings is 1. The molecule has 0 bridgehead atoms. The number of unbranched alkanes of at least 4 members (excludes halogenated alkanes) is 1. The third-order valence-electron chi connectivity index (χ3n) is 4.04. The van der Waals surface area contributed by atoms with Gasteiger partial charge in [0.25, 0.3) is 0 Å². The lowest BCUT2D eigenvalue weighted by Gasteiger charge is -2.31. The molecule has 0 aromatic heterocycles. The highest BCUT2D eigenvalue weighted by atomic mass is 16.5. The number of hydrogen-bond donors (Lipinski definition) is 1. The van der Waals surface area contributed by atoms with Gasteiger partial charge >= 0.3 is 5.97 Å². The minimum atomic E-state index is -0.145. The molecule has 1 heterocycles. The van der Waals surface area contributed by atoms with Gasteiger partial charge in [0.15, 0.2) is 5.96 Å². The van der Waals surface area contributed by atoms with Crippen molar-refractivity contribution >= 4 is 11.9 Å². The zero-order valence-corrected chi connectivity index (χ0v) is 14.2. The predicted molar refractivity (Wildman–Crippen MR) is 92.4 cm³/mol. The van der Waals surface area contributed by atoms with Gasteiger partial charge in [-0.05, 0) is 37.3 Å². The van der Waals surface area contributed by atoms with E-state index >= 15 is 0 Å². The van der Waals surface area contributed by atoms with Gasteiger partial charge in [-0.1, -0.05) is 24.3 Å². The molecule has 126 valence electrons. The lowest BCUT2D eigenvalue weighted by molar-refractivity contribution is -0.140. The Bertz CT molecular complexity index is 543. The number of guanidine groups is 1. The number of nitrogens with zero attached hydrogens (tertiary/aromatic N) is 2. The maximum atomic E-state index is 11.1. The highest BCUT2D eigenvalue weighted by molar-refractivity contribution is 5.80. The molecule has 5 heteroatoms. The molecule has 0 amide bonds. The van der Waals surface area contributed by atoms with Crippen molar-refractivity contribution in [3.05, 3.63) is 35.4 Å². The maximum Gasteiger partial charge on any atom is 0.305 e. The molecule has 0 saturated carbocycles. The molecule has 1 aliphatic heterocycles. The fraction of sp³-hybridized carbons (Fsp3) is 0.556. The van der Waals surface area contributed by atoms with Crippen molar-refractivity contribution in [1.29, 1.82) is 0 Å². The number of nitrogens with one attached hydrogen (secondary N) is 1. The Morgan fingerprint density at radius 1 is 1.30 bits per heavy atom. The molecule has 5 nitrogen and oxygen atoms in total. The first-order chi connectivity index (χ1) is 11.2. The van der Waals surface area contributed by atoms with Gasteiger partial charge in [-0.15, -0.1) is 0 Å². The second-order valence-corrected chi connectivity index (χ2v) is 5.71. The van der Waals surface area contributed by atoms with Gasteiger partial charge in [-0.25, -0.2) is 0 Å². The molecule has 1 aromatic rings. The summed E-state index contributed by atoms with van der Waals surface area (Å²) in [4.78, 5) is 18.1. The number of hydrogen-bond acceptors (Lipinski definition) is 3. The quantitative estimate of drug-likeness (QED) is 0.379. The van der Waals surface area contributed by atoms with Crippen molar-refractivity contribution in [3.63, 3.8) is 0 Å². The number of esters is 1. The van der Waals surface area contributed by atoms with Gasteiger partial charge in [0.2, 0.25) is 0 Å². The number of ether oxygens (including phenoxy) is 1. The standard InChI is InChI=1S/C18H27N3O2/c1-3-19-18(20-12-7-6-10-17(22)23-2)21-13-11-15-8-4-5-9-16(15)14-21/h4-5,8-9H,3,6-7,10-14H2,1-2H3,(H,19,20). The molecule has 0 atom stereocenters. The molecule has 1 N–H and O–H groups in total. The highest BCUT2D eigenvalue weighted by Crippen LogP contribution is 2.18. The third-order valence-corrected chi connectivity index (χ3v) is 4.04. The molecule has 0 spiro atoms. The van der Waals surface area contributed by atoms with Crippen LogP contribution in [0.25, 0.3) is 0 Å². The molecule has 0 aliphatic carbocycles. The summed E-state index contributed by atoms with van der Waals surface area (Å²) < 4.78 is 4.65. The molecule has 1 aromatic carbocycles.